The number of nitrogens with zero attached hydrogens (tertiary/aromatic N) is 1. The number of hydrogen-bond donors (Lipinski definition) is 3. The van der Waals surface area contributed by atoms with Crippen LogP contribution in [0.5, 0.6) is 5.75 Å². The van der Waals surface area contributed by atoms with Crippen LogP contribution < -0.4 is 15.5 Å². The monoisotopic (exact) mass is 335 g/mol. The molecule has 0 aliphatic heterocycles. The Morgan fingerprint density at radius 3 is 2.58 bits per heavy atom. The number of amides is 2. The Hall–Kier alpha value is -2.90. The second kappa shape index (κ2) is 9.29. The van der Waals surface area contributed by atoms with Crippen molar-refractivity contribution in [3.05, 3.63) is 29.3 Å². The molecule has 1 aromatic carbocycles. The standard InChI is InChI=1S/C16H21N3O5/c1-4-10(3)18-14(20)15(21)19-17-9-11-6-7-13(24-5-2)12(8-11)16(22)23/h6-10H,4-5H2,1-3H3,(H,18,20)(H,19,21)(H,22,23)/b17-9-/t10-/m0/s1. The third-order valence-corrected chi connectivity index (χ3v) is 3.11. The first-order valence-electron chi connectivity index (χ1n) is 7.53. The summed E-state index contributed by atoms with van der Waals surface area (Å²) in [5.41, 5.74) is 2.52. The van der Waals surface area contributed by atoms with Crippen molar-refractivity contribution in [3.63, 3.8) is 0 Å². The minimum atomic E-state index is -1.13. The molecular formula is C16H21N3O5. The molecule has 1 atom stereocenters. The predicted molar refractivity (Wildman–Crippen MR) is 88.2 cm³/mol. The van der Waals surface area contributed by atoms with Crippen LogP contribution in [0.4, 0.5) is 0 Å². The van der Waals surface area contributed by atoms with Gasteiger partial charge in [0.05, 0.1) is 12.8 Å². The first-order valence-corrected chi connectivity index (χ1v) is 7.53. The Morgan fingerprint density at radius 2 is 2.00 bits per heavy atom. The lowest BCUT2D eigenvalue weighted by Gasteiger charge is -2.09. The number of benzene rings is 1. The number of carbonyl (C=O) groups excluding carboxylic acids is 2. The van der Waals surface area contributed by atoms with E-state index in [2.05, 4.69) is 15.8 Å². The van der Waals surface area contributed by atoms with Crippen LogP contribution in [0.25, 0.3) is 0 Å². The Balaban J connectivity index is 2.73. The lowest BCUT2D eigenvalue weighted by molar-refractivity contribution is -0.139. The summed E-state index contributed by atoms with van der Waals surface area (Å²) < 4.78 is 5.23. The van der Waals surface area contributed by atoms with Crippen LogP contribution in [-0.4, -0.2) is 41.8 Å². The quantitative estimate of drug-likeness (QED) is 0.392. The van der Waals surface area contributed by atoms with Gasteiger partial charge in [0.2, 0.25) is 0 Å². The van der Waals surface area contributed by atoms with Crippen molar-refractivity contribution >= 4 is 24.0 Å². The summed E-state index contributed by atoms with van der Waals surface area (Å²) >= 11 is 0. The van der Waals surface area contributed by atoms with E-state index in [-0.39, 0.29) is 17.4 Å². The van der Waals surface area contributed by atoms with Crippen molar-refractivity contribution in [3.8, 4) is 5.75 Å². The maximum absolute atomic E-state index is 11.5. The molecule has 0 aliphatic rings. The summed E-state index contributed by atoms with van der Waals surface area (Å²) in [5, 5.41) is 15.3. The molecular weight excluding hydrogens is 314 g/mol. The molecule has 0 aliphatic carbocycles. The minimum absolute atomic E-state index is 0.0124. The van der Waals surface area contributed by atoms with Crippen LogP contribution in [0, 0.1) is 0 Å². The number of carboxylic acids is 1. The van der Waals surface area contributed by atoms with E-state index in [1.807, 2.05) is 6.92 Å². The summed E-state index contributed by atoms with van der Waals surface area (Å²) in [6.07, 6.45) is 1.95. The average Bonchev–Trinajstić information content (AvgIpc) is 2.55. The molecule has 1 rings (SSSR count). The van der Waals surface area contributed by atoms with Crippen molar-refractivity contribution in [2.75, 3.05) is 6.61 Å². The number of aromatic carboxylic acids is 1. The highest BCUT2D eigenvalue weighted by molar-refractivity contribution is 6.35. The molecule has 0 bridgehead atoms. The van der Waals surface area contributed by atoms with E-state index in [1.54, 1.807) is 19.9 Å². The fourth-order valence-corrected chi connectivity index (χ4v) is 1.68. The molecule has 0 aromatic heterocycles. The highest BCUT2D eigenvalue weighted by atomic mass is 16.5. The van der Waals surface area contributed by atoms with Crippen LogP contribution in [0.15, 0.2) is 23.3 Å². The lowest BCUT2D eigenvalue weighted by atomic mass is 10.1. The van der Waals surface area contributed by atoms with Gasteiger partial charge >= 0.3 is 17.8 Å². The zero-order chi connectivity index (χ0) is 18.1. The van der Waals surface area contributed by atoms with Gasteiger partial charge in [-0.05, 0) is 44.0 Å². The number of hydrogen-bond acceptors (Lipinski definition) is 5. The van der Waals surface area contributed by atoms with E-state index in [0.29, 0.717) is 18.6 Å². The summed E-state index contributed by atoms with van der Waals surface area (Å²) in [4.78, 5) is 34.3. The SMILES string of the molecule is CCOc1ccc(/C=N\NC(=O)C(=O)N[C@@H](C)CC)cc1C(=O)O. The Labute approximate surface area is 139 Å². The third kappa shape index (κ3) is 5.71. The fraction of sp³-hybridized carbons (Fsp3) is 0.375. The summed E-state index contributed by atoms with van der Waals surface area (Å²) in [6, 6.07) is 4.34. The Bertz CT molecular complexity index is 643. The highest BCUT2D eigenvalue weighted by Crippen LogP contribution is 2.19. The second-order valence-corrected chi connectivity index (χ2v) is 4.98. The summed E-state index contributed by atoms with van der Waals surface area (Å²) in [5.74, 6) is -2.56. The molecule has 130 valence electrons. The normalized spacial score (nSPS) is 11.8. The van der Waals surface area contributed by atoms with Crippen LogP contribution in [-0.2, 0) is 9.59 Å². The van der Waals surface area contributed by atoms with Gasteiger partial charge < -0.3 is 15.2 Å². The van der Waals surface area contributed by atoms with Gasteiger partial charge in [0.1, 0.15) is 11.3 Å². The molecule has 0 saturated heterocycles. The van der Waals surface area contributed by atoms with Crippen LogP contribution >= 0.6 is 0 Å². The number of rotatable bonds is 7. The summed E-state index contributed by atoms with van der Waals surface area (Å²) in [7, 11) is 0. The van der Waals surface area contributed by atoms with E-state index >= 15 is 0 Å². The third-order valence-electron chi connectivity index (χ3n) is 3.11. The molecule has 0 heterocycles. The number of hydrazone groups is 1. The zero-order valence-electron chi connectivity index (χ0n) is 13.8. The van der Waals surface area contributed by atoms with Gasteiger partial charge in [-0.25, -0.2) is 10.2 Å². The predicted octanol–water partition coefficient (Wildman–Crippen LogP) is 1.15. The number of ether oxygens (including phenoxy) is 1. The van der Waals surface area contributed by atoms with Gasteiger partial charge in [-0.3, -0.25) is 9.59 Å². The fourth-order valence-electron chi connectivity index (χ4n) is 1.68. The van der Waals surface area contributed by atoms with Gasteiger partial charge in [-0.15, -0.1) is 0 Å². The average molecular weight is 335 g/mol. The zero-order valence-corrected chi connectivity index (χ0v) is 13.8. The molecule has 0 unspecified atom stereocenters. The first kappa shape index (κ1) is 19.1. The van der Waals surface area contributed by atoms with Gasteiger partial charge in [0, 0.05) is 6.04 Å². The maximum atomic E-state index is 11.5. The lowest BCUT2D eigenvalue weighted by Crippen LogP contribution is -2.41. The molecule has 0 fully saturated rings. The van der Waals surface area contributed by atoms with Gasteiger partial charge in [0.15, 0.2) is 0 Å². The van der Waals surface area contributed by atoms with E-state index < -0.39 is 17.8 Å². The van der Waals surface area contributed by atoms with Crippen molar-refractivity contribution in [2.24, 2.45) is 5.10 Å². The topological polar surface area (TPSA) is 117 Å². The molecule has 8 nitrogen and oxygen atoms in total. The number of nitrogens with one attached hydrogen (secondary N) is 2. The van der Waals surface area contributed by atoms with Gasteiger partial charge in [0.25, 0.3) is 0 Å². The Kier molecular flexibility index (Phi) is 7.41. The van der Waals surface area contributed by atoms with E-state index in [1.165, 1.54) is 18.3 Å². The molecule has 0 radical (unpaired) electrons. The molecule has 8 heteroatoms. The largest absolute Gasteiger partial charge is 0.493 e. The van der Waals surface area contributed by atoms with Crippen molar-refractivity contribution in [2.45, 2.75) is 33.2 Å². The molecule has 0 spiro atoms. The van der Waals surface area contributed by atoms with Crippen molar-refractivity contribution in [1.82, 2.24) is 10.7 Å². The Morgan fingerprint density at radius 1 is 1.29 bits per heavy atom. The molecule has 2 amide bonds. The molecule has 3 N–H and O–H groups in total. The minimum Gasteiger partial charge on any atom is -0.493 e. The molecule has 0 saturated carbocycles. The van der Waals surface area contributed by atoms with E-state index in [9.17, 15) is 14.4 Å². The van der Waals surface area contributed by atoms with Crippen LogP contribution in [0.1, 0.15) is 43.1 Å². The number of carboxylic acid groups (broad SMARTS) is 1. The highest BCUT2D eigenvalue weighted by Gasteiger charge is 2.14. The smallest absolute Gasteiger partial charge is 0.339 e. The molecule has 1 aromatic rings. The number of carbonyl (C=O) groups is 3. The van der Waals surface area contributed by atoms with Gasteiger partial charge in [-0.1, -0.05) is 6.92 Å². The van der Waals surface area contributed by atoms with E-state index in [4.69, 9.17) is 9.84 Å². The van der Waals surface area contributed by atoms with E-state index in [0.717, 1.165) is 0 Å². The van der Waals surface area contributed by atoms with Crippen LogP contribution in [0.2, 0.25) is 0 Å². The van der Waals surface area contributed by atoms with Gasteiger partial charge in [-0.2, -0.15) is 5.10 Å². The van der Waals surface area contributed by atoms with Crippen molar-refractivity contribution in [1.29, 1.82) is 0 Å². The van der Waals surface area contributed by atoms with Crippen LogP contribution in [0.3, 0.4) is 0 Å². The van der Waals surface area contributed by atoms with Crippen molar-refractivity contribution < 1.29 is 24.2 Å². The first-order chi connectivity index (χ1) is 11.4. The molecule has 24 heavy (non-hydrogen) atoms. The maximum Gasteiger partial charge on any atom is 0.339 e. The summed E-state index contributed by atoms with van der Waals surface area (Å²) in [6.45, 7) is 5.75. The second-order valence-electron chi connectivity index (χ2n) is 4.98.